The van der Waals surface area contributed by atoms with E-state index in [1.54, 1.807) is 12.4 Å². The maximum Gasteiger partial charge on any atom is 0.266 e. The van der Waals surface area contributed by atoms with Gasteiger partial charge in [0.25, 0.3) is 5.91 Å². The van der Waals surface area contributed by atoms with E-state index >= 15 is 0 Å². The van der Waals surface area contributed by atoms with Crippen molar-refractivity contribution in [3.8, 4) is 0 Å². The summed E-state index contributed by atoms with van der Waals surface area (Å²) in [6.07, 6.45) is 4.07. The molecule has 0 saturated heterocycles. The number of pyridine rings is 1. The second-order valence-corrected chi connectivity index (χ2v) is 7.96. The van der Waals surface area contributed by atoms with Crippen molar-refractivity contribution in [3.05, 3.63) is 93.8 Å². The molecule has 0 saturated carbocycles. The molecule has 2 aliphatic heterocycles. The standard InChI is InChI=1S/C24H19ClN4O/c1-14(16-3-2-4-19(25)10-16)28-24(30)22-11-17-9-18-13-27-23(15-5-7-26-8-6-15)20(18)12-21(17)29-22/h2-10,12,14H,11,13H2,1H3,(H,28,30)/t14-/m1/s1. The summed E-state index contributed by atoms with van der Waals surface area (Å²) in [5, 5.41) is 3.69. The van der Waals surface area contributed by atoms with Crippen LogP contribution in [-0.2, 0) is 17.8 Å². The van der Waals surface area contributed by atoms with E-state index in [2.05, 4.69) is 27.4 Å². The Morgan fingerprint density at radius 3 is 2.73 bits per heavy atom. The average Bonchev–Trinajstić information content (AvgIpc) is 3.36. The van der Waals surface area contributed by atoms with Gasteiger partial charge < -0.3 is 5.32 Å². The van der Waals surface area contributed by atoms with E-state index in [0.717, 1.165) is 33.7 Å². The zero-order chi connectivity index (χ0) is 20.7. The lowest BCUT2D eigenvalue weighted by Crippen LogP contribution is -2.33. The molecule has 0 bridgehead atoms. The highest BCUT2D eigenvalue weighted by Crippen LogP contribution is 2.34. The SMILES string of the molecule is C[C@@H](NC(=O)C1=Nc2cc3c(cc2C1)CN=C3c1ccncc1)c1cccc(Cl)c1. The summed E-state index contributed by atoms with van der Waals surface area (Å²) in [5.74, 6) is -0.151. The third-order valence-electron chi connectivity index (χ3n) is 5.49. The highest BCUT2D eigenvalue weighted by atomic mass is 35.5. The smallest absolute Gasteiger partial charge is 0.266 e. The number of hydrogen-bond acceptors (Lipinski definition) is 4. The number of aliphatic imine (C=N–C) groups is 2. The van der Waals surface area contributed by atoms with Crippen LogP contribution in [0.2, 0.25) is 5.02 Å². The number of carbonyl (C=O) groups is 1. The first-order valence-corrected chi connectivity index (χ1v) is 10.2. The molecule has 6 heteroatoms. The number of carbonyl (C=O) groups excluding carboxylic acids is 1. The number of rotatable bonds is 4. The van der Waals surface area contributed by atoms with Crippen molar-refractivity contribution in [3.63, 3.8) is 0 Å². The Labute approximate surface area is 179 Å². The quantitative estimate of drug-likeness (QED) is 0.678. The molecule has 1 atom stereocenters. The molecule has 1 aromatic heterocycles. The number of hydrogen-bond donors (Lipinski definition) is 1. The second-order valence-electron chi connectivity index (χ2n) is 7.52. The van der Waals surface area contributed by atoms with Gasteiger partial charge in [0.15, 0.2) is 0 Å². The first kappa shape index (κ1) is 18.7. The summed E-state index contributed by atoms with van der Waals surface area (Å²) in [4.78, 5) is 26.2. The Kier molecular flexibility index (Phi) is 4.68. The zero-order valence-electron chi connectivity index (χ0n) is 16.4. The van der Waals surface area contributed by atoms with Crippen molar-refractivity contribution in [2.24, 2.45) is 9.98 Å². The van der Waals surface area contributed by atoms with Crippen LogP contribution in [0.5, 0.6) is 0 Å². The van der Waals surface area contributed by atoms with Gasteiger partial charge in [0.1, 0.15) is 5.71 Å². The van der Waals surface area contributed by atoms with Gasteiger partial charge in [-0.05, 0) is 53.9 Å². The number of halogens is 1. The lowest BCUT2D eigenvalue weighted by atomic mass is 9.97. The Morgan fingerprint density at radius 1 is 1.10 bits per heavy atom. The summed E-state index contributed by atoms with van der Waals surface area (Å²) < 4.78 is 0. The molecule has 2 aromatic carbocycles. The molecule has 1 amide bonds. The average molecular weight is 415 g/mol. The normalized spacial score (nSPS) is 15.1. The van der Waals surface area contributed by atoms with Crippen LogP contribution in [0.4, 0.5) is 5.69 Å². The van der Waals surface area contributed by atoms with Crippen molar-refractivity contribution in [2.45, 2.75) is 25.9 Å². The van der Waals surface area contributed by atoms with Crippen molar-refractivity contribution in [1.82, 2.24) is 10.3 Å². The lowest BCUT2D eigenvalue weighted by molar-refractivity contribution is -0.115. The molecule has 1 N–H and O–H groups in total. The van der Waals surface area contributed by atoms with E-state index in [4.69, 9.17) is 16.6 Å². The molecule has 3 aromatic rings. The van der Waals surface area contributed by atoms with Gasteiger partial charge >= 0.3 is 0 Å². The topological polar surface area (TPSA) is 66.7 Å². The number of aromatic nitrogens is 1. The van der Waals surface area contributed by atoms with Crippen LogP contribution in [0, 0.1) is 0 Å². The van der Waals surface area contributed by atoms with E-state index in [-0.39, 0.29) is 11.9 Å². The number of nitrogens with one attached hydrogen (secondary N) is 1. The maximum atomic E-state index is 12.8. The van der Waals surface area contributed by atoms with Gasteiger partial charge in [-0.3, -0.25) is 14.8 Å². The predicted octanol–water partition coefficient (Wildman–Crippen LogP) is 4.59. The molecule has 5 nitrogen and oxygen atoms in total. The largest absolute Gasteiger partial charge is 0.344 e. The summed E-state index contributed by atoms with van der Waals surface area (Å²) in [6, 6.07) is 15.5. The van der Waals surface area contributed by atoms with Crippen LogP contribution in [-0.4, -0.2) is 22.3 Å². The van der Waals surface area contributed by atoms with Gasteiger partial charge in [-0.15, -0.1) is 0 Å². The minimum Gasteiger partial charge on any atom is -0.344 e. The first-order chi connectivity index (χ1) is 14.6. The highest BCUT2D eigenvalue weighted by Gasteiger charge is 2.26. The summed E-state index contributed by atoms with van der Waals surface area (Å²) in [7, 11) is 0. The fourth-order valence-electron chi connectivity index (χ4n) is 3.92. The monoisotopic (exact) mass is 414 g/mol. The Morgan fingerprint density at radius 2 is 1.93 bits per heavy atom. The molecular formula is C24H19ClN4O. The van der Waals surface area contributed by atoms with Crippen molar-refractivity contribution < 1.29 is 4.79 Å². The molecule has 0 fully saturated rings. The molecule has 0 radical (unpaired) electrons. The second kappa shape index (κ2) is 7.50. The van der Waals surface area contributed by atoms with Crippen LogP contribution in [0.3, 0.4) is 0 Å². The molecule has 2 aliphatic rings. The number of nitrogens with zero attached hydrogens (tertiary/aromatic N) is 3. The van der Waals surface area contributed by atoms with E-state index in [9.17, 15) is 4.79 Å². The zero-order valence-corrected chi connectivity index (χ0v) is 17.1. The van der Waals surface area contributed by atoms with E-state index in [1.165, 1.54) is 5.56 Å². The number of benzene rings is 2. The van der Waals surface area contributed by atoms with Crippen LogP contribution >= 0.6 is 11.6 Å². The van der Waals surface area contributed by atoms with Crippen molar-refractivity contribution in [2.75, 3.05) is 0 Å². The van der Waals surface area contributed by atoms with Crippen LogP contribution in [0.25, 0.3) is 0 Å². The van der Waals surface area contributed by atoms with Gasteiger partial charge in [0.2, 0.25) is 0 Å². The van der Waals surface area contributed by atoms with E-state index < -0.39 is 0 Å². The molecule has 30 heavy (non-hydrogen) atoms. The van der Waals surface area contributed by atoms with Crippen LogP contribution in [0.1, 0.15) is 40.8 Å². The number of fused-ring (bicyclic) bond motifs is 2. The Bertz CT molecular complexity index is 1220. The van der Waals surface area contributed by atoms with Gasteiger partial charge in [-0.25, -0.2) is 4.99 Å². The van der Waals surface area contributed by atoms with Crippen molar-refractivity contribution >= 4 is 34.6 Å². The minimum absolute atomic E-state index is 0.151. The Hall–Kier alpha value is -3.31. The lowest BCUT2D eigenvalue weighted by Gasteiger charge is -2.14. The van der Waals surface area contributed by atoms with Crippen LogP contribution in [0.15, 0.2) is 70.9 Å². The fraction of sp³-hybridized carbons (Fsp3) is 0.167. The summed E-state index contributed by atoms with van der Waals surface area (Å²) >= 11 is 6.07. The molecular weight excluding hydrogens is 396 g/mol. The molecule has 5 rings (SSSR count). The predicted molar refractivity (Wildman–Crippen MR) is 119 cm³/mol. The number of amides is 1. The van der Waals surface area contributed by atoms with Crippen LogP contribution < -0.4 is 5.32 Å². The maximum absolute atomic E-state index is 12.8. The van der Waals surface area contributed by atoms with E-state index in [1.807, 2.05) is 43.3 Å². The van der Waals surface area contributed by atoms with Gasteiger partial charge in [-0.2, -0.15) is 0 Å². The molecule has 0 spiro atoms. The highest BCUT2D eigenvalue weighted by molar-refractivity contribution is 6.41. The summed E-state index contributed by atoms with van der Waals surface area (Å²) in [5.41, 5.74) is 7.66. The van der Waals surface area contributed by atoms with Gasteiger partial charge in [-0.1, -0.05) is 29.8 Å². The third-order valence-corrected chi connectivity index (χ3v) is 5.73. The molecule has 148 valence electrons. The van der Waals surface area contributed by atoms with Crippen molar-refractivity contribution in [1.29, 1.82) is 0 Å². The van der Waals surface area contributed by atoms with E-state index in [0.29, 0.717) is 23.7 Å². The third kappa shape index (κ3) is 3.42. The molecule has 3 heterocycles. The molecule has 0 unspecified atom stereocenters. The summed E-state index contributed by atoms with van der Waals surface area (Å²) in [6.45, 7) is 2.59. The van der Waals surface area contributed by atoms with Gasteiger partial charge in [0.05, 0.1) is 24.0 Å². The minimum atomic E-state index is -0.155. The van der Waals surface area contributed by atoms with Gasteiger partial charge in [0, 0.05) is 35.0 Å². The molecule has 0 aliphatic carbocycles. The fourth-order valence-corrected chi connectivity index (χ4v) is 4.12. The first-order valence-electron chi connectivity index (χ1n) is 9.83. The Balaban J connectivity index is 1.37.